The minimum atomic E-state index is -1.05. The third kappa shape index (κ3) is 4.26. The minimum absolute atomic E-state index is 0.240. The maximum Gasteiger partial charge on any atom is 0.251 e. The molecule has 1 aromatic carbocycles. The molecular formula is C22H27N3O5. The number of carbonyl (C=O) groups excluding carboxylic acids is 1. The van der Waals surface area contributed by atoms with E-state index in [0.717, 1.165) is 24.5 Å². The van der Waals surface area contributed by atoms with Crippen LogP contribution in [-0.4, -0.2) is 72.8 Å². The fourth-order valence-electron chi connectivity index (χ4n) is 4.15. The summed E-state index contributed by atoms with van der Waals surface area (Å²) >= 11 is 0. The van der Waals surface area contributed by atoms with Crippen LogP contribution in [0, 0.1) is 0 Å². The molecule has 4 atom stereocenters. The molecule has 160 valence electrons. The monoisotopic (exact) mass is 413 g/mol. The Labute approximate surface area is 175 Å². The maximum atomic E-state index is 12.8. The van der Waals surface area contributed by atoms with Gasteiger partial charge in [-0.1, -0.05) is 12.1 Å². The summed E-state index contributed by atoms with van der Waals surface area (Å²) < 4.78 is 10.6. The predicted molar refractivity (Wildman–Crippen MR) is 111 cm³/mol. The summed E-state index contributed by atoms with van der Waals surface area (Å²) in [5.41, 5.74) is 1.31. The molecule has 4 unspecified atom stereocenters. The molecule has 1 saturated heterocycles. The van der Waals surface area contributed by atoms with Crippen molar-refractivity contribution in [3.8, 4) is 5.75 Å². The van der Waals surface area contributed by atoms with Gasteiger partial charge in [0.15, 0.2) is 0 Å². The molecule has 2 fully saturated rings. The van der Waals surface area contributed by atoms with Crippen molar-refractivity contribution in [1.29, 1.82) is 0 Å². The predicted octanol–water partition coefficient (Wildman–Crippen LogP) is 0.934. The van der Waals surface area contributed by atoms with Crippen LogP contribution in [0.2, 0.25) is 0 Å². The lowest BCUT2D eigenvalue weighted by Gasteiger charge is -2.28. The number of carbonyl (C=O) groups is 1. The lowest BCUT2D eigenvalue weighted by molar-refractivity contribution is 0.0294. The lowest BCUT2D eigenvalue weighted by atomic mass is 9.94. The molecule has 0 spiro atoms. The summed E-state index contributed by atoms with van der Waals surface area (Å²) in [5.74, 6) is 0.887. The molecule has 1 saturated carbocycles. The van der Waals surface area contributed by atoms with Crippen LogP contribution in [0.1, 0.15) is 28.3 Å². The van der Waals surface area contributed by atoms with E-state index in [1.165, 1.54) is 7.11 Å². The van der Waals surface area contributed by atoms with E-state index in [0.29, 0.717) is 30.9 Å². The van der Waals surface area contributed by atoms with Crippen molar-refractivity contribution in [3.05, 3.63) is 53.7 Å². The third-order valence-corrected chi connectivity index (χ3v) is 5.85. The van der Waals surface area contributed by atoms with Crippen molar-refractivity contribution < 1.29 is 24.5 Å². The number of benzene rings is 1. The highest BCUT2D eigenvalue weighted by atomic mass is 16.5. The number of aliphatic hydroxyl groups excluding tert-OH is 2. The first-order valence-corrected chi connectivity index (χ1v) is 10.2. The van der Waals surface area contributed by atoms with Crippen molar-refractivity contribution in [1.82, 2.24) is 10.3 Å². The normalized spacial score (nSPS) is 26.4. The molecule has 8 nitrogen and oxygen atoms in total. The van der Waals surface area contributed by atoms with Gasteiger partial charge in [0.05, 0.1) is 32.5 Å². The van der Waals surface area contributed by atoms with Gasteiger partial charge in [-0.25, -0.2) is 4.98 Å². The molecule has 1 aliphatic heterocycles. The van der Waals surface area contributed by atoms with Crippen LogP contribution < -0.4 is 15.0 Å². The zero-order valence-electron chi connectivity index (χ0n) is 16.9. The van der Waals surface area contributed by atoms with Crippen LogP contribution in [-0.2, 0) is 4.74 Å². The number of nitrogens with zero attached hydrogens (tertiary/aromatic N) is 2. The molecule has 1 aromatic heterocycles. The van der Waals surface area contributed by atoms with E-state index in [1.807, 2.05) is 12.1 Å². The first-order valence-electron chi connectivity index (χ1n) is 10.2. The van der Waals surface area contributed by atoms with Crippen LogP contribution in [0.5, 0.6) is 5.75 Å². The number of morpholine rings is 1. The summed E-state index contributed by atoms with van der Waals surface area (Å²) in [4.78, 5) is 19.5. The second kappa shape index (κ2) is 8.99. The number of ether oxygens (including phenoxy) is 2. The molecule has 1 amide bonds. The van der Waals surface area contributed by atoms with E-state index >= 15 is 0 Å². The Morgan fingerprint density at radius 2 is 2.03 bits per heavy atom. The summed E-state index contributed by atoms with van der Waals surface area (Å²) in [6.45, 7) is 2.96. The first-order chi connectivity index (χ1) is 14.6. The third-order valence-electron chi connectivity index (χ3n) is 5.85. The number of hydrogen-bond donors (Lipinski definition) is 3. The highest BCUT2D eigenvalue weighted by Gasteiger charge is 2.43. The van der Waals surface area contributed by atoms with Gasteiger partial charge in [0.1, 0.15) is 17.7 Å². The van der Waals surface area contributed by atoms with Gasteiger partial charge in [-0.3, -0.25) is 4.79 Å². The van der Waals surface area contributed by atoms with E-state index in [2.05, 4.69) is 15.2 Å². The number of hydrogen-bond acceptors (Lipinski definition) is 7. The van der Waals surface area contributed by atoms with Gasteiger partial charge in [0, 0.05) is 30.8 Å². The van der Waals surface area contributed by atoms with Crippen molar-refractivity contribution in [2.75, 3.05) is 38.3 Å². The Hall–Kier alpha value is -2.68. The molecule has 2 aliphatic rings. The standard InChI is InChI=1S/C22H27N3O5/c1-29-16-4-2-3-14(11-16)22(28)24-20-17(12-18(26)21(20)27)15-5-6-19(23-13-15)25-7-9-30-10-8-25/h2-6,11,13,17-18,20-21,26-27H,7-10,12H2,1H3,(H,24,28). The topological polar surface area (TPSA) is 104 Å². The SMILES string of the molecule is COc1cccc(C(=O)NC2C(c3ccc(N4CCOCC4)nc3)CC(O)C2O)c1. The first kappa shape index (κ1) is 20.6. The number of anilines is 1. The summed E-state index contributed by atoms with van der Waals surface area (Å²) in [7, 11) is 1.54. The quantitative estimate of drug-likeness (QED) is 0.670. The minimum Gasteiger partial charge on any atom is -0.497 e. The molecular weight excluding hydrogens is 386 g/mol. The number of rotatable bonds is 5. The fourth-order valence-corrected chi connectivity index (χ4v) is 4.15. The Bertz CT molecular complexity index is 869. The second-order valence-electron chi connectivity index (χ2n) is 7.68. The van der Waals surface area contributed by atoms with Gasteiger partial charge in [-0.2, -0.15) is 0 Å². The fraction of sp³-hybridized carbons (Fsp3) is 0.455. The molecule has 1 aliphatic carbocycles. The van der Waals surface area contributed by atoms with Crippen LogP contribution in [0.4, 0.5) is 5.82 Å². The summed E-state index contributed by atoms with van der Waals surface area (Å²) in [5, 5.41) is 23.7. The molecule has 0 radical (unpaired) electrons. The average Bonchev–Trinajstić information content (AvgIpc) is 3.08. The average molecular weight is 413 g/mol. The van der Waals surface area contributed by atoms with Crippen molar-refractivity contribution in [3.63, 3.8) is 0 Å². The highest BCUT2D eigenvalue weighted by Crippen LogP contribution is 2.36. The number of aliphatic hydroxyl groups is 2. The Balaban J connectivity index is 1.50. The van der Waals surface area contributed by atoms with Gasteiger partial charge in [0.2, 0.25) is 0 Å². The smallest absolute Gasteiger partial charge is 0.251 e. The highest BCUT2D eigenvalue weighted by molar-refractivity contribution is 5.94. The molecule has 0 bridgehead atoms. The largest absolute Gasteiger partial charge is 0.497 e. The number of pyridine rings is 1. The zero-order chi connectivity index (χ0) is 21.1. The second-order valence-corrected chi connectivity index (χ2v) is 7.68. The molecule has 3 N–H and O–H groups in total. The number of amides is 1. The molecule has 4 rings (SSSR count). The Kier molecular flexibility index (Phi) is 6.17. The van der Waals surface area contributed by atoms with Crippen LogP contribution in [0.15, 0.2) is 42.6 Å². The van der Waals surface area contributed by atoms with E-state index in [1.54, 1.807) is 30.5 Å². The molecule has 2 aromatic rings. The number of methoxy groups -OCH3 is 1. The van der Waals surface area contributed by atoms with Crippen LogP contribution >= 0.6 is 0 Å². The van der Waals surface area contributed by atoms with Gasteiger partial charge in [-0.05, 0) is 36.2 Å². The summed E-state index contributed by atoms with van der Waals surface area (Å²) in [6.07, 6.45) is 0.154. The van der Waals surface area contributed by atoms with E-state index in [-0.39, 0.29) is 11.8 Å². The van der Waals surface area contributed by atoms with E-state index in [4.69, 9.17) is 9.47 Å². The summed E-state index contributed by atoms with van der Waals surface area (Å²) in [6, 6.07) is 10.1. The van der Waals surface area contributed by atoms with Gasteiger partial charge in [0.25, 0.3) is 5.91 Å². The Morgan fingerprint density at radius 3 is 2.73 bits per heavy atom. The number of aromatic nitrogens is 1. The molecule has 8 heteroatoms. The molecule has 30 heavy (non-hydrogen) atoms. The van der Waals surface area contributed by atoms with Crippen LogP contribution in [0.25, 0.3) is 0 Å². The van der Waals surface area contributed by atoms with Gasteiger partial charge >= 0.3 is 0 Å². The van der Waals surface area contributed by atoms with E-state index in [9.17, 15) is 15.0 Å². The molecule has 2 heterocycles. The maximum absolute atomic E-state index is 12.8. The zero-order valence-corrected chi connectivity index (χ0v) is 16.9. The van der Waals surface area contributed by atoms with Crippen molar-refractivity contribution in [2.45, 2.75) is 30.6 Å². The van der Waals surface area contributed by atoms with Crippen LogP contribution in [0.3, 0.4) is 0 Å². The van der Waals surface area contributed by atoms with E-state index < -0.39 is 18.2 Å². The Morgan fingerprint density at radius 1 is 1.23 bits per heavy atom. The van der Waals surface area contributed by atoms with Gasteiger partial charge in [-0.15, -0.1) is 0 Å². The van der Waals surface area contributed by atoms with Crippen molar-refractivity contribution in [2.24, 2.45) is 0 Å². The number of nitrogens with one attached hydrogen (secondary N) is 1. The van der Waals surface area contributed by atoms with Crippen molar-refractivity contribution >= 4 is 11.7 Å². The lowest BCUT2D eigenvalue weighted by Crippen LogP contribution is -2.45. The van der Waals surface area contributed by atoms with Gasteiger partial charge < -0.3 is 29.9 Å².